The highest BCUT2D eigenvalue weighted by atomic mass is 16.5. The number of hydrogen-bond donors (Lipinski definition) is 2. The molecule has 0 saturated carbocycles. The van der Waals surface area contributed by atoms with Crippen LogP contribution in [-0.2, 0) is 11.8 Å². The molecule has 1 heterocycles. The molecule has 0 aliphatic heterocycles. The van der Waals surface area contributed by atoms with E-state index >= 15 is 0 Å². The Kier molecular flexibility index (Phi) is 4.12. The lowest BCUT2D eigenvalue weighted by Gasteiger charge is -2.12. The number of methoxy groups -OCH3 is 1. The Morgan fingerprint density at radius 2 is 2.29 bits per heavy atom. The first-order valence-electron chi connectivity index (χ1n) is 5.19. The Bertz CT molecular complexity index is 512. The molecule has 1 aromatic rings. The molecule has 0 aliphatic carbocycles. The number of nitrogens with one attached hydrogen (secondary N) is 1. The van der Waals surface area contributed by atoms with Gasteiger partial charge >= 0.3 is 0 Å². The van der Waals surface area contributed by atoms with Gasteiger partial charge in [-0.3, -0.25) is 0 Å². The quantitative estimate of drug-likeness (QED) is 0.794. The van der Waals surface area contributed by atoms with E-state index in [1.807, 2.05) is 0 Å². The number of nitrogens with two attached hydrogens (primary N) is 1. The number of rotatable bonds is 3. The van der Waals surface area contributed by atoms with Gasteiger partial charge < -0.3 is 20.4 Å². The summed E-state index contributed by atoms with van der Waals surface area (Å²) in [5, 5.41) is 12.1. The summed E-state index contributed by atoms with van der Waals surface area (Å²) < 4.78 is 6.73. The second-order valence-corrected chi connectivity index (χ2v) is 3.57. The van der Waals surface area contributed by atoms with Crippen LogP contribution in [0.1, 0.15) is 12.5 Å². The van der Waals surface area contributed by atoms with Gasteiger partial charge in [0, 0.05) is 27.3 Å². The number of nitrogens with zero attached hydrogens (tertiary/aromatic N) is 3. The van der Waals surface area contributed by atoms with Gasteiger partial charge in [-0.25, -0.2) is 4.99 Å². The Morgan fingerprint density at radius 1 is 1.65 bits per heavy atom. The SMILES string of the molecule is CNc1cc(N)n(C)/c(=N/C(C)OC)c1C#N. The van der Waals surface area contributed by atoms with Gasteiger partial charge in [-0.2, -0.15) is 5.26 Å². The molecule has 0 fully saturated rings. The normalized spacial score (nSPS) is 13.2. The smallest absolute Gasteiger partial charge is 0.151 e. The summed E-state index contributed by atoms with van der Waals surface area (Å²) in [7, 11) is 5.06. The second kappa shape index (κ2) is 5.37. The number of nitriles is 1. The minimum atomic E-state index is -0.334. The van der Waals surface area contributed by atoms with E-state index < -0.39 is 0 Å². The lowest BCUT2D eigenvalue weighted by molar-refractivity contribution is 0.122. The Balaban J connectivity index is 3.62. The third-order valence-corrected chi connectivity index (χ3v) is 2.52. The van der Waals surface area contributed by atoms with Crippen molar-refractivity contribution in [2.45, 2.75) is 13.2 Å². The molecule has 3 N–H and O–H groups in total. The van der Waals surface area contributed by atoms with Gasteiger partial charge in [0.05, 0.1) is 5.69 Å². The standard InChI is InChI=1S/C11H17N5O/c1-7(17-4)15-11-8(6-12)9(14-2)5-10(13)16(11)3/h5,7,14H,13H2,1-4H3/b15-11+. The number of nitrogen functional groups attached to an aromatic ring is 1. The maximum atomic E-state index is 9.19. The van der Waals surface area contributed by atoms with Gasteiger partial charge in [0.2, 0.25) is 0 Å². The predicted molar refractivity (Wildman–Crippen MR) is 66.1 cm³/mol. The van der Waals surface area contributed by atoms with Crippen molar-refractivity contribution in [3.05, 3.63) is 17.1 Å². The van der Waals surface area contributed by atoms with E-state index in [0.29, 0.717) is 22.6 Å². The van der Waals surface area contributed by atoms with Gasteiger partial charge in [-0.1, -0.05) is 0 Å². The van der Waals surface area contributed by atoms with Gasteiger partial charge in [0.25, 0.3) is 0 Å². The molecule has 0 bridgehead atoms. The first kappa shape index (κ1) is 13.1. The van der Waals surface area contributed by atoms with Crippen molar-refractivity contribution in [2.75, 3.05) is 25.2 Å². The minimum absolute atomic E-state index is 0.334. The molecule has 0 radical (unpaired) electrons. The van der Waals surface area contributed by atoms with Crippen LogP contribution >= 0.6 is 0 Å². The zero-order valence-corrected chi connectivity index (χ0v) is 10.5. The van der Waals surface area contributed by atoms with E-state index in [1.54, 1.807) is 38.8 Å². The van der Waals surface area contributed by atoms with E-state index in [4.69, 9.17) is 10.5 Å². The van der Waals surface area contributed by atoms with E-state index in [9.17, 15) is 5.26 Å². The highest BCUT2D eigenvalue weighted by Crippen LogP contribution is 2.13. The van der Waals surface area contributed by atoms with Crippen LogP contribution in [0.15, 0.2) is 11.1 Å². The van der Waals surface area contributed by atoms with Gasteiger partial charge in [0.15, 0.2) is 5.49 Å². The first-order valence-corrected chi connectivity index (χ1v) is 5.19. The van der Waals surface area contributed by atoms with Crippen molar-refractivity contribution in [3.63, 3.8) is 0 Å². The molecule has 6 nitrogen and oxygen atoms in total. The van der Waals surface area contributed by atoms with Crippen molar-refractivity contribution in [1.29, 1.82) is 5.26 Å². The van der Waals surface area contributed by atoms with Crippen LogP contribution in [0, 0.1) is 11.3 Å². The molecule has 1 aromatic heterocycles. The molecule has 6 heteroatoms. The van der Waals surface area contributed by atoms with Crippen LogP contribution in [0.25, 0.3) is 0 Å². The molecule has 1 atom stereocenters. The summed E-state index contributed by atoms with van der Waals surface area (Å²) in [4.78, 5) is 4.32. The largest absolute Gasteiger partial charge is 0.387 e. The lowest BCUT2D eigenvalue weighted by atomic mass is 10.2. The predicted octanol–water partition coefficient (Wildman–Crippen LogP) is 0.414. The summed E-state index contributed by atoms with van der Waals surface area (Å²) in [5.41, 5.74) is 7.47. The summed E-state index contributed by atoms with van der Waals surface area (Å²) in [6.45, 7) is 1.80. The van der Waals surface area contributed by atoms with Gasteiger partial charge in [0.1, 0.15) is 23.7 Å². The highest BCUT2D eigenvalue weighted by Gasteiger charge is 2.09. The highest BCUT2D eigenvalue weighted by molar-refractivity contribution is 5.60. The molecule has 0 spiro atoms. The summed E-state index contributed by atoms with van der Waals surface area (Å²) in [6, 6.07) is 3.83. The zero-order chi connectivity index (χ0) is 13.0. The van der Waals surface area contributed by atoms with E-state index in [1.165, 1.54) is 0 Å². The Labute approximate surface area is 100 Å². The molecule has 0 amide bonds. The van der Waals surface area contributed by atoms with Crippen LogP contribution in [0.4, 0.5) is 11.5 Å². The van der Waals surface area contributed by atoms with Crippen molar-refractivity contribution in [2.24, 2.45) is 12.0 Å². The fourth-order valence-electron chi connectivity index (χ4n) is 1.41. The molecule has 0 saturated heterocycles. The number of anilines is 2. The van der Waals surface area contributed by atoms with E-state index in [2.05, 4.69) is 16.4 Å². The first-order chi connectivity index (χ1) is 8.04. The summed E-state index contributed by atoms with van der Waals surface area (Å²) >= 11 is 0. The molecule has 0 aromatic carbocycles. The number of ether oxygens (including phenoxy) is 1. The average molecular weight is 235 g/mol. The van der Waals surface area contributed by atoms with Crippen molar-refractivity contribution < 1.29 is 4.74 Å². The van der Waals surface area contributed by atoms with Gasteiger partial charge in [-0.15, -0.1) is 0 Å². The van der Waals surface area contributed by atoms with E-state index in [-0.39, 0.29) is 6.23 Å². The third kappa shape index (κ3) is 2.57. The van der Waals surface area contributed by atoms with Crippen molar-refractivity contribution >= 4 is 11.5 Å². The summed E-state index contributed by atoms with van der Waals surface area (Å²) in [6.07, 6.45) is -0.334. The van der Waals surface area contributed by atoms with Crippen LogP contribution < -0.4 is 16.5 Å². The van der Waals surface area contributed by atoms with Crippen LogP contribution in [0.2, 0.25) is 0 Å². The molecule has 1 unspecified atom stereocenters. The molecule has 92 valence electrons. The van der Waals surface area contributed by atoms with Crippen molar-refractivity contribution in [3.8, 4) is 6.07 Å². The van der Waals surface area contributed by atoms with Crippen molar-refractivity contribution in [1.82, 2.24) is 4.57 Å². The molecular weight excluding hydrogens is 218 g/mol. The third-order valence-electron chi connectivity index (χ3n) is 2.52. The Morgan fingerprint density at radius 3 is 2.76 bits per heavy atom. The van der Waals surface area contributed by atoms with Crippen LogP contribution in [0.3, 0.4) is 0 Å². The number of pyridine rings is 1. The second-order valence-electron chi connectivity index (χ2n) is 3.57. The lowest BCUT2D eigenvalue weighted by Crippen LogP contribution is -2.27. The Hall–Kier alpha value is -2.00. The molecular formula is C11H17N5O. The maximum absolute atomic E-state index is 9.19. The number of hydrogen-bond acceptors (Lipinski definition) is 5. The zero-order valence-electron chi connectivity index (χ0n) is 10.5. The number of aromatic nitrogens is 1. The fraction of sp³-hybridized carbons (Fsp3) is 0.455. The topological polar surface area (TPSA) is 88.4 Å². The minimum Gasteiger partial charge on any atom is -0.387 e. The summed E-state index contributed by atoms with van der Waals surface area (Å²) in [5.74, 6) is 0.524. The monoisotopic (exact) mass is 235 g/mol. The molecule has 1 rings (SSSR count). The van der Waals surface area contributed by atoms with Crippen LogP contribution in [0.5, 0.6) is 0 Å². The average Bonchev–Trinajstić information content (AvgIpc) is 2.34. The maximum Gasteiger partial charge on any atom is 0.151 e. The van der Waals surface area contributed by atoms with Gasteiger partial charge in [-0.05, 0) is 6.92 Å². The molecule has 17 heavy (non-hydrogen) atoms. The molecule has 0 aliphatic rings. The van der Waals surface area contributed by atoms with E-state index in [0.717, 1.165) is 0 Å². The van der Waals surface area contributed by atoms with Crippen LogP contribution in [-0.4, -0.2) is 25.0 Å². The fourth-order valence-corrected chi connectivity index (χ4v) is 1.41.